The van der Waals surface area contributed by atoms with E-state index in [0.29, 0.717) is 26.2 Å². The first-order chi connectivity index (χ1) is 15.8. The first-order valence-electron chi connectivity index (χ1n) is 10.4. The number of aliphatic hydroxyl groups excluding tert-OH is 3. The van der Waals surface area contributed by atoms with E-state index in [1.807, 2.05) is 22.6 Å². The molecule has 0 fully saturated rings. The van der Waals surface area contributed by atoms with E-state index in [2.05, 4.69) is 5.32 Å². The number of ether oxygens (including phenoxy) is 3. The van der Waals surface area contributed by atoms with Crippen LogP contribution in [0.1, 0.15) is 18.9 Å². The third-order valence-electron chi connectivity index (χ3n) is 5.28. The molecule has 0 saturated carbocycles. The van der Waals surface area contributed by atoms with E-state index < -0.39 is 24.2 Å². The van der Waals surface area contributed by atoms with Crippen LogP contribution >= 0.6 is 22.6 Å². The SMILES string of the molecule is COCCN(C(C)=O)[C@@H]1CC(C(=O)NCCO)=C[C@H](Oc2c(I)cc(CO)cc2OC)[C@H]1O. The molecule has 0 aromatic heterocycles. The highest BCUT2D eigenvalue weighted by molar-refractivity contribution is 14.1. The molecule has 1 aliphatic rings. The van der Waals surface area contributed by atoms with Gasteiger partial charge in [0.15, 0.2) is 11.5 Å². The largest absolute Gasteiger partial charge is 0.493 e. The molecular weight excluding hydrogens is 547 g/mol. The molecule has 0 bridgehead atoms. The second kappa shape index (κ2) is 13.1. The molecule has 2 rings (SSSR count). The van der Waals surface area contributed by atoms with Gasteiger partial charge in [-0.15, -0.1) is 0 Å². The average molecular weight is 578 g/mol. The molecule has 11 heteroatoms. The molecule has 10 nitrogen and oxygen atoms in total. The Hall–Kier alpha value is -1.93. The van der Waals surface area contributed by atoms with Gasteiger partial charge < -0.3 is 39.7 Å². The van der Waals surface area contributed by atoms with Crippen LogP contribution in [0.5, 0.6) is 11.5 Å². The van der Waals surface area contributed by atoms with Crippen molar-refractivity contribution in [2.75, 3.05) is 40.5 Å². The highest BCUT2D eigenvalue weighted by atomic mass is 127. The Bertz CT molecular complexity index is 863. The molecule has 0 heterocycles. The van der Waals surface area contributed by atoms with Crippen LogP contribution in [0, 0.1) is 3.57 Å². The van der Waals surface area contributed by atoms with Crippen LogP contribution in [-0.2, 0) is 20.9 Å². The molecule has 184 valence electrons. The summed E-state index contributed by atoms with van der Waals surface area (Å²) in [6.07, 6.45) is -0.472. The first kappa shape index (κ1) is 27.3. The average Bonchev–Trinajstić information content (AvgIpc) is 2.80. The minimum Gasteiger partial charge on any atom is -0.493 e. The van der Waals surface area contributed by atoms with Crippen molar-refractivity contribution in [3.63, 3.8) is 0 Å². The second-order valence-electron chi connectivity index (χ2n) is 7.49. The monoisotopic (exact) mass is 578 g/mol. The van der Waals surface area contributed by atoms with Crippen molar-refractivity contribution in [2.24, 2.45) is 0 Å². The van der Waals surface area contributed by atoms with Gasteiger partial charge in [-0.05, 0) is 46.4 Å². The maximum atomic E-state index is 12.7. The molecule has 2 amide bonds. The van der Waals surface area contributed by atoms with Gasteiger partial charge in [0, 0.05) is 39.1 Å². The Morgan fingerprint density at radius 1 is 1.27 bits per heavy atom. The molecule has 3 atom stereocenters. The van der Waals surface area contributed by atoms with E-state index in [9.17, 15) is 19.8 Å². The van der Waals surface area contributed by atoms with Gasteiger partial charge in [0.25, 0.3) is 0 Å². The standard InChI is InChI=1S/C22H31IN2O8/c1-13(28)25(5-7-31-2)17-10-15(22(30)24-4-6-26)11-18(20(17)29)33-21-16(23)8-14(12-27)9-19(21)32-3/h8-9,11,17-18,20,26-27,29H,4-7,10,12H2,1-3H3,(H,24,30)/t17-,18+,20+/m1/s1. The zero-order valence-electron chi connectivity index (χ0n) is 18.9. The molecule has 4 N–H and O–H groups in total. The summed E-state index contributed by atoms with van der Waals surface area (Å²) in [6.45, 7) is 1.56. The van der Waals surface area contributed by atoms with Crippen LogP contribution in [0.3, 0.4) is 0 Å². The number of hydrogen-bond donors (Lipinski definition) is 4. The molecule has 0 aliphatic heterocycles. The maximum Gasteiger partial charge on any atom is 0.247 e. The number of nitrogens with one attached hydrogen (secondary N) is 1. The zero-order chi connectivity index (χ0) is 24.5. The number of carbonyl (C=O) groups is 2. The van der Waals surface area contributed by atoms with Crippen LogP contribution in [0.25, 0.3) is 0 Å². The lowest BCUT2D eigenvalue weighted by atomic mass is 9.88. The lowest BCUT2D eigenvalue weighted by Crippen LogP contribution is -2.55. The molecule has 33 heavy (non-hydrogen) atoms. The number of benzene rings is 1. The number of aliphatic hydroxyl groups is 3. The van der Waals surface area contributed by atoms with Gasteiger partial charge >= 0.3 is 0 Å². The van der Waals surface area contributed by atoms with Crippen LogP contribution in [0.15, 0.2) is 23.8 Å². The number of nitrogens with zero attached hydrogens (tertiary/aromatic N) is 1. The summed E-state index contributed by atoms with van der Waals surface area (Å²) in [4.78, 5) is 26.5. The van der Waals surface area contributed by atoms with E-state index in [-0.39, 0.29) is 45.2 Å². The quantitative estimate of drug-likeness (QED) is 0.274. The van der Waals surface area contributed by atoms with Crippen molar-refractivity contribution >= 4 is 34.4 Å². The molecular formula is C22H31IN2O8. The number of rotatable bonds is 11. The Labute approximate surface area is 206 Å². The summed E-state index contributed by atoms with van der Waals surface area (Å²) in [5, 5.41) is 32.3. The van der Waals surface area contributed by atoms with Crippen LogP contribution in [0.4, 0.5) is 0 Å². The summed E-state index contributed by atoms with van der Waals surface area (Å²) in [5.41, 5.74) is 0.959. The highest BCUT2D eigenvalue weighted by Crippen LogP contribution is 2.37. The number of carbonyl (C=O) groups excluding carboxylic acids is 2. The van der Waals surface area contributed by atoms with Gasteiger partial charge in [0.1, 0.15) is 12.2 Å². The smallest absolute Gasteiger partial charge is 0.247 e. The van der Waals surface area contributed by atoms with E-state index in [1.54, 1.807) is 12.1 Å². The molecule has 0 saturated heterocycles. The number of hydrogen-bond acceptors (Lipinski definition) is 8. The van der Waals surface area contributed by atoms with Crippen molar-refractivity contribution in [2.45, 2.75) is 38.2 Å². The summed E-state index contributed by atoms with van der Waals surface area (Å²) in [7, 11) is 2.98. The zero-order valence-corrected chi connectivity index (χ0v) is 21.1. The highest BCUT2D eigenvalue weighted by Gasteiger charge is 2.40. The van der Waals surface area contributed by atoms with E-state index >= 15 is 0 Å². The molecule has 0 unspecified atom stereocenters. The Kier molecular flexibility index (Phi) is 10.8. The van der Waals surface area contributed by atoms with Gasteiger partial charge in [0.2, 0.25) is 11.8 Å². The fourth-order valence-corrected chi connectivity index (χ4v) is 4.43. The van der Waals surface area contributed by atoms with Crippen molar-refractivity contribution in [1.29, 1.82) is 0 Å². The van der Waals surface area contributed by atoms with Crippen LogP contribution in [-0.4, -0.2) is 90.8 Å². The predicted octanol–water partition coefficient (Wildman–Crippen LogP) is 0.203. The normalized spacial score (nSPS) is 20.1. The third kappa shape index (κ3) is 7.03. The number of methoxy groups -OCH3 is 2. The molecule has 1 aromatic carbocycles. The van der Waals surface area contributed by atoms with Crippen LogP contribution < -0.4 is 14.8 Å². The van der Waals surface area contributed by atoms with Gasteiger partial charge in [-0.2, -0.15) is 0 Å². The van der Waals surface area contributed by atoms with Gasteiger partial charge in [-0.25, -0.2) is 0 Å². The van der Waals surface area contributed by atoms with E-state index in [0.717, 1.165) is 0 Å². The van der Waals surface area contributed by atoms with Crippen molar-refractivity contribution < 1.29 is 39.1 Å². The lowest BCUT2D eigenvalue weighted by Gasteiger charge is -2.40. The molecule has 1 aliphatic carbocycles. The first-order valence-corrected chi connectivity index (χ1v) is 11.5. The molecule has 0 spiro atoms. The maximum absolute atomic E-state index is 12.7. The van der Waals surface area contributed by atoms with E-state index in [4.69, 9.17) is 19.3 Å². The van der Waals surface area contributed by atoms with Gasteiger partial charge in [-0.1, -0.05) is 0 Å². The number of halogens is 1. The molecule has 0 radical (unpaired) electrons. The van der Waals surface area contributed by atoms with Gasteiger partial charge in [0.05, 0.1) is 36.5 Å². The summed E-state index contributed by atoms with van der Waals surface area (Å²) < 4.78 is 17.3. The third-order valence-corrected chi connectivity index (χ3v) is 6.08. The number of amides is 2. The molecule has 1 aromatic rings. The predicted molar refractivity (Wildman–Crippen MR) is 128 cm³/mol. The minimum absolute atomic E-state index is 0.0728. The van der Waals surface area contributed by atoms with Gasteiger partial charge in [-0.3, -0.25) is 9.59 Å². The van der Waals surface area contributed by atoms with Crippen molar-refractivity contribution in [3.05, 3.63) is 32.9 Å². The fraction of sp³-hybridized carbons (Fsp3) is 0.545. The summed E-state index contributed by atoms with van der Waals surface area (Å²) in [6, 6.07) is 2.62. The fourth-order valence-electron chi connectivity index (χ4n) is 3.64. The Balaban J connectivity index is 2.45. The summed E-state index contributed by atoms with van der Waals surface area (Å²) in [5.74, 6) is 0.0220. The van der Waals surface area contributed by atoms with Crippen molar-refractivity contribution in [3.8, 4) is 11.5 Å². The lowest BCUT2D eigenvalue weighted by molar-refractivity contribution is -0.137. The Morgan fingerprint density at radius 2 is 2.00 bits per heavy atom. The Morgan fingerprint density at radius 3 is 2.58 bits per heavy atom. The minimum atomic E-state index is -1.14. The van der Waals surface area contributed by atoms with Crippen LogP contribution in [0.2, 0.25) is 0 Å². The topological polar surface area (TPSA) is 138 Å². The summed E-state index contributed by atoms with van der Waals surface area (Å²) >= 11 is 2.04. The van der Waals surface area contributed by atoms with Crippen molar-refractivity contribution in [1.82, 2.24) is 10.2 Å². The van der Waals surface area contributed by atoms with E-state index in [1.165, 1.54) is 32.1 Å². The second-order valence-corrected chi connectivity index (χ2v) is 8.65.